The van der Waals surface area contributed by atoms with Gasteiger partial charge in [0.1, 0.15) is 11.6 Å². The number of rotatable bonds is 0. The van der Waals surface area contributed by atoms with Crippen LogP contribution < -0.4 is 5.56 Å². The molecule has 0 unspecified atom stereocenters. The summed E-state index contributed by atoms with van der Waals surface area (Å²) < 4.78 is 1.47. The van der Waals surface area contributed by atoms with Crippen molar-refractivity contribution in [3.05, 3.63) is 58.6 Å². The van der Waals surface area contributed by atoms with Crippen molar-refractivity contribution >= 4 is 16.4 Å². The Kier molecular flexibility index (Phi) is 1.92. The van der Waals surface area contributed by atoms with Gasteiger partial charge >= 0.3 is 0 Å². The molecule has 3 aromatic rings. The average Bonchev–Trinajstić information content (AvgIpc) is 2.40. The van der Waals surface area contributed by atoms with Crippen molar-refractivity contribution in [3.63, 3.8) is 0 Å². The summed E-state index contributed by atoms with van der Waals surface area (Å²) in [7, 11) is 0. The maximum absolute atomic E-state index is 12.2. The molecule has 3 rings (SSSR count). The Morgan fingerprint density at radius 1 is 1.24 bits per heavy atom. The molecule has 4 nitrogen and oxygen atoms in total. The molecule has 3 heterocycles. The quantitative estimate of drug-likeness (QED) is 0.543. The molecule has 0 fully saturated rings. The SMILES string of the molecule is N#Cc1c2ncccc2c(=O)n2ccccc12. The van der Waals surface area contributed by atoms with Crippen LogP contribution in [0.3, 0.4) is 0 Å². The fraction of sp³-hybridized carbons (Fsp3) is 0. The maximum atomic E-state index is 12.2. The van der Waals surface area contributed by atoms with Gasteiger partial charge in [0.25, 0.3) is 5.56 Å². The van der Waals surface area contributed by atoms with Crippen molar-refractivity contribution in [2.75, 3.05) is 0 Å². The molecule has 0 aliphatic heterocycles. The van der Waals surface area contributed by atoms with E-state index in [1.54, 1.807) is 42.7 Å². The van der Waals surface area contributed by atoms with Crippen molar-refractivity contribution in [2.24, 2.45) is 0 Å². The zero-order valence-corrected chi connectivity index (χ0v) is 8.79. The second kappa shape index (κ2) is 3.42. The highest BCUT2D eigenvalue weighted by Crippen LogP contribution is 2.16. The van der Waals surface area contributed by atoms with Gasteiger partial charge in [-0.1, -0.05) is 6.07 Å². The lowest BCUT2D eigenvalue weighted by Crippen LogP contribution is -2.15. The van der Waals surface area contributed by atoms with Crippen LogP contribution in [0.5, 0.6) is 0 Å². The van der Waals surface area contributed by atoms with Crippen LogP contribution in [0.1, 0.15) is 5.56 Å². The highest BCUT2D eigenvalue weighted by Gasteiger charge is 2.10. The van der Waals surface area contributed by atoms with Crippen LogP contribution in [0, 0.1) is 11.3 Å². The normalized spacial score (nSPS) is 10.5. The van der Waals surface area contributed by atoms with Crippen LogP contribution in [0.4, 0.5) is 0 Å². The van der Waals surface area contributed by atoms with Gasteiger partial charge in [0.15, 0.2) is 0 Å². The molecule has 0 radical (unpaired) electrons. The highest BCUT2D eigenvalue weighted by atomic mass is 16.1. The zero-order chi connectivity index (χ0) is 11.8. The zero-order valence-electron chi connectivity index (χ0n) is 8.79. The lowest BCUT2D eigenvalue weighted by atomic mass is 10.1. The predicted molar refractivity (Wildman–Crippen MR) is 63.7 cm³/mol. The molecule has 0 aliphatic rings. The molecule has 80 valence electrons. The molecular formula is C13H7N3O. The number of hydrogen-bond donors (Lipinski definition) is 0. The third kappa shape index (κ3) is 1.23. The number of aromatic nitrogens is 2. The largest absolute Gasteiger partial charge is 0.282 e. The first-order valence-corrected chi connectivity index (χ1v) is 5.11. The fourth-order valence-electron chi connectivity index (χ4n) is 1.96. The predicted octanol–water partition coefficient (Wildman–Crippen LogP) is 1.72. The van der Waals surface area contributed by atoms with Crippen molar-refractivity contribution in [3.8, 4) is 6.07 Å². The van der Waals surface area contributed by atoms with E-state index in [-0.39, 0.29) is 5.56 Å². The maximum Gasteiger partial charge on any atom is 0.264 e. The van der Waals surface area contributed by atoms with E-state index in [0.717, 1.165) is 0 Å². The summed E-state index contributed by atoms with van der Waals surface area (Å²) in [5.41, 5.74) is 1.33. The van der Waals surface area contributed by atoms with Crippen LogP contribution >= 0.6 is 0 Å². The van der Waals surface area contributed by atoms with Gasteiger partial charge < -0.3 is 0 Å². The van der Waals surface area contributed by atoms with E-state index in [1.807, 2.05) is 0 Å². The Hall–Kier alpha value is -2.67. The minimum Gasteiger partial charge on any atom is -0.282 e. The van der Waals surface area contributed by atoms with Crippen LogP contribution in [0.15, 0.2) is 47.5 Å². The van der Waals surface area contributed by atoms with Gasteiger partial charge in [0, 0.05) is 12.4 Å². The van der Waals surface area contributed by atoms with Gasteiger partial charge in [-0.05, 0) is 24.3 Å². The minimum atomic E-state index is -0.150. The molecule has 0 N–H and O–H groups in total. The van der Waals surface area contributed by atoms with Crippen molar-refractivity contribution in [1.29, 1.82) is 5.26 Å². The van der Waals surface area contributed by atoms with E-state index in [2.05, 4.69) is 11.1 Å². The molecule has 0 spiro atoms. The molecule has 0 amide bonds. The Bertz CT molecular complexity index is 767. The number of fused-ring (bicyclic) bond motifs is 2. The van der Waals surface area contributed by atoms with Gasteiger partial charge in [0.2, 0.25) is 0 Å². The second-order valence-electron chi connectivity index (χ2n) is 3.65. The molecule has 0 aromatic carbocycles. The average molecular weight is 221 g/mol. The number of pyridine rings is 3. The summed E-state index contributed by atoms with van der Waals surface area (Å²) in [5.74, 6) is 0. The van der Waals surface area contributed by atoms with E-state index in [4.69, 9.17) is 0 Å². The van der Waals surface area contributed by atoms with E-state index in [9.17, 15) is 10.1 Å². The van der Waals surface area contributed by atoms with Crippen molar-refractivity contribution in [2.45, 2.75) is 0 Å². The Labute approximate surface area is 96.4 Å². The van der Waals surface area contributed by atoms with Crippen LogP contribution in [0.25, 0.3) is 16.4 Å². The van der Waals surface area contributed by atoms with Crippen LogP contribution in [-0.4, -0.2) is 9.38 Å². The van der Waals surface area contributed by atoms with Crippen LogP contribution in [0.2, 0.25) is 0 Å². The van der Waals surface area contributed by atoms with Crippen LogP contribution in [-0.2, 0) is 0 Å². The molecule has 0 aliphatic carbocycles. The fourth-order valence-corrected chi connectivity index (χ4v) is 1.96. The molecule has 4 heteroatoms. The Morgan fingerprint density at radius 3 is 2.94 bits per heavy atom. The summed E-state index contributed by atoms with van der Waals surface area (Å²) in [6, 6.07) is 10.8. The van der Waals surface area contributed by atoms with Gasteiger partial charge in [-0.3, -0.25) is 14.2 Å². The highest BCUT2D eigenvalue weighted by molar-refractivity contribution is 5.89. The minimum absolute atomic E-state index is 0.150. The summed E-state index contributed by atoms with van der Waals surface area (Å²) in [5, 5.41) is 9.68. The first kappa shape index (κ1) is 9.55. The van der Waals surface area contributed by atoms with Gasteiger partial charge in [-0.25, -0.2) is 0 Å². The lowest BCUT2D eigenvalue weighted by Gasteiger charge is -2.05. The number of nitrogens with zero attached hydrogens (tertiary/aromatic N) is 3. The standard InChI is InChI=1S/C13H7N3O/c14-8-10-11-5-1-2-7-16(11)13(17)9-4-3-6-15-12(9)10/h1-7H. The first-order chi connectivity index (χ1) is 8.33. The van der Waals surface area contributed by atoms with Gasteiger partial charge in [-0.15, -0.1) is 0 Å². The van der Waals surface area contributed by atoms with Gasteiger partial charge in [0.05, 0.1) is 16.4 Å². The molecule has 0 saturated carbocycles. The Balaban J connectivity index is 2.75. The summed E-state index contributed by atoms with van der Waals surface area (Å²) in [6.07, 6.45) is 3.24. The summed E-state index contributed by atoms with van der Waals surface area (Å²) in [6.45, 7) is 0. The number of nitriles is 1. The molecule has 0 saturated heterocycles. The van der Waals surface area contributed by atoms with E-state index in [0.29, 0.717) is 22.0 Å². The van der Waals surface area contributed by atoms with Crippen molar-refractivity contribution < 1.29 is 0 Å². The molecule has 3 aromatic heterocycles. The lowest BCUT2D eigenvalue weighted by molar-refractivity contribution is 1.11. The monoisotopic (exact) mass is 221 g/mol. The smallest absolute Gasteiger partial charge is 0.264 e. The van der Waals surface area contributed by atoms with E-state index >= 15 is 0 Å². The second-order valence-corrected chi connectivity index (χ2v) is 3.65. The van der Waals surface area contributed by atoms with E-state index < -0.39 is 0 Å². The summed E-state index contributed by atoms with van der Waals surface area (Å²) >= 11 is 0. The van der Waals surface area contributed by atoms with E-state index in [1.165, 1.54) is 4.40 Å². The molecule has 0 atom stereocenters. The molecule has 17 heavy (non-hydrogen) atoms. The molecular weight excluding hydrogens is 214 g/mol. The third-order valence-electron chi connectivity index (χ3n) is 2.72. The topological polar surface area (TPSA) is 58.2 Å². The first-order valence-electron chi connectivity index (χ1n) is 5.11. The van der Waals surface area contributed by atoms with Gasteiger partial charge in [-0.2, -0.15) is 5.26 Å². The third-order valence-corrected chi connectivity index (χ3v) is 2.72. The molecule has 0 bridgehead atoms. The number of hydrogen-bond acceptors (Lipinski definition) is 3. The van der Waals surface area contributed by atoms with Crippen molar-refractivity contribution in [1.82, 2.24) is 9.38 Å². The Morgan fingerprint density at radius 2 is 2.12 bits per heavy atom. The summed E-state index contributed by atoms with van der Waals surface area (Å²) in [4.78, 5) is 16.3.